The van der Waals surface area contributed by atoms with Crippen LogP contribution >= 0.6 is 27.3 Å². The number of nitrogens with zero attached hydrogens (tertiary/aromatic N) is 2. The van der Waals surface area contributed by atoms with Gasteiger partial charge in [0.15, 0.2) is 5.75 Å². The second kappa shape index (κ2) is 5.20. The lowest BCUT2D eigenvalue weighted by Gasteiger charge is -2.12. The first kappa shape index (κ1) is 12.6. The first-order valence-corrected chi connectivity index (χ1v) is 6.86. The molecular weight excluding hydrogens is 304 g/mol. The molecule has 4 nitrogen and oxygen atoms in total. The summed E-state index contributed by atoms with van der Waals surface area (Å²) in [6, 6.07) is 1.90. The van der Waals surface area contributed by atoms with Crippen LogP contribution in [0, 0.1) is 0 Å². The minimum Gasteiger partial charge on any atom is -0.493 e. The highest BCUT2D eigenvalue weighted by atomic mass is 79.9. The molecular formula is C11H13BrN2O2S. The highest BCUT2D eigenvalue weighted by molar-refractivity contribution is 9.11. The molecule has 0 aliphatic carbocycles. The van der Waals surface area contributed by atoms with Gasteiger partial charge in [-0.1, -0.05) is 0 Å². The lowest BCUT2D eigenvalue weighted by molar-refractivity contribution is 0.203. The molecule has 92 valence electrons. The molecule has 0 fully saturated rings. The van der Waals surface area contributed by atoms with E-state index in [1.165, 1.54) is 0 Å². The molecule has 1 unspecified atom stereocenters. The first-order chi connectivity index (χ1) is 8.17. The van der Waals surface area contributed by atoms with Crippen LogP contribution in [-0.2, 0) is 6.54 Å². The van der Waals surface area contributed by atoms with E-state index < -0.39 is 6.10 Å². The average molecular weight is 317 g/mol. The summed E-state index contributed by atoms with van der Waals surface area (Å²) >= 11 is 4.93. The van der Waals surface area contributed by atoms with Gasteiger partial charge in [0.25, 0.3) is 0 Å². The van der Waals surface area contributed by atoms with Crippen LogP contribution in [0.1, 0.15) is 24.3 Å². The molecule has 0 radical (unpaired) electrons. The van der Waals surface area contributed by atoms with E-state index in [0.717, 1.165) is 9.35 Å². The van der Waals surface area contributed by atoms with E-state index in [0.29, 0.717) is 18.0 Å². The van der Waals surface area contributed by atoms with E-state index in [-0.39, 0.29) is 0 Å². The van der Waals surface area contributed by atoms with Gasteiger partial charge in [-0.25, -0.2) is 0 Å². The second-order valence-electron chi connectivity index (χ2n) is 3.50. The number of hydrogen-bond acceptors (Lipinski definition) is 4. The summed E-state index contributed by atoms with van der Waals surface area (Å²) in [5.74, 6) is 0.613. The van der Waals surface area contributed by atoms with Crippen molar-refractivity contribution in [2.75, 3.05) is 7.11 Å². The highest BCUT2D eigenvalue weighted by Crippen LogP contribution is 2.33. The van der Waals surface area contributed by atoms with Crippen molar-refractivity contribution in [1.82, 2.24) is 9.78 Å². The number of ether oxygens (including phenoxy) is 1. The Labute approximate surface area is 112 Å². The average Bonchev–Trinajstić information content (AvgIpc) is 2.93. The molecule has 0 amide bonds. The Kier molecular flexibility index (Phi) is 3.86. The molecule has 6 heteroatoms. The zero-order valence-corrected chi connectivity index (χ0v) is 12.0. The van der Waals surface area contributed by atoms with E-state index in [1.807, 2.05) is 18.4 Å². The minimum absolute atomic E-state index is 0.613. The number of aryl methyl sites for hydroxylation is 1. The number of aliphatic hydroxyl groups excluding tert-OH is 1. The molecule has 1 atom stereocenters. The lowest BCUT2D eigenvalue weighted by Crippen LogP contribution is -2.09. The Bertz CT molecular complexity index is 488. The summed E-state index contributed by atoms with van der Waals surface area (Å²) in [5, 5.41) is 16.5. The quantitative estimate of drug-likeness (QED) is 0.943. The number of hydrogen-bond donors (Lipinski definition) is 1. The maximum absolute atomic E-state index is 10.4. The second-order valence-corrected chi connectivity index (χ2v) is 5.79. The van der Waals surface area contributed by atoms with Crippen LogP contribution in [0.15, 0.2) is 21.4 Å². The molecule has 2 rings (SSSR count). The normalized spacial score (nSPS) is 12.7. The van der Waals surface area contributed by atoms with Gasteiger partial charge in [0.05, 0.1) is 17.1 Å². The Morgan fingerprint density at radius 1 is 1.65 bits per heavy atom. The smallest absolute Gasteiger partial charge is 0.163 e. The van der Waals surface area contributed by atoms with Gasteiger partial charge in [-0.2, -0.15) is 5.10 Å². The topological polar surface area (TPSA) is 47.3 Å². The maximum Gasteiger partial charge on any atom is 0.163 e. The zero-order valence-electron chi connectivity index (χ0n) is 9.55. The van der Waals surface area contributed by atoms with Gasteiger partial charge in [-0.3, -0.25) is 4.68 Å². The number of aliphatic hydroxyl groups is 1. The fourth-order valence-corrected chi connectivity index (χ4v) is 2.88. The van der Waals surface area contributed by atoms with Crippen LogP contribution in [-0.4, -0.2) is 22.0 Å². The van der Waals surface area contributed by atoms with E-state index in [9.17, 15) is 5.11 Å². The number of thiophene rings is 1. The molecule has 0 saturated carbocycles. The van der Waals surface area contributed by atoms with Gasteiger partial charge in [0.2, 0.25) is 0 Å². The number of halogens is 1. The van der Waals surface area contributed by atoms with Crippen molar-refractivity contribution in [1.29, 1.82) is 0 Å². The predicted molar refractivity (Wildman–Crippen MR) is 70.5 cm³/mol. The third kappa shape index (κ3) is 2.38. The Hall–Kier alpha value is -0.850. The summed E-state index contributed by atoms with van der Waals surface area (Å²) in [6.45, 7) is 2.67. The van der Waals surface area contributed by atoms with Crippen LogP contribution < -0.4 is 4.74 Å². The predicted octanol–water partition coefficient (Wildman–Crippen LogP) is 2.82. The van der Waals surface area contributed by atoms with Crippen molar-refractivity contribution in [3.8, 4) is 5.75 Å². The fraction of sp³-hybridized carbons (Fsp3) is 0.364. The summed E-state index contributed by atoms with van der Waals surface area (Å²) in [4.78, 5) is 0. The number of rotatable bonds is 4. The summed E-state index contributed by atoms with van der Waals surface area (Å²) in [6.07, 6.45) is 0.915. The van der Waals surface area contributed by atoms with Crippen LogP contribution in [0.5, 0.6) is 5.75 Å². The molecule has 0 aliphatic heterocycles. The van der Waals surface area contributed by atoms with Crippen LogP contribution in [0.2, 0.25) is 0 Å². The SMILES string of the molecule is CCn1ncc(OC)c1C(O)c1csc(Br)c1. The number of aromatic nitrogens is 2. The van der Waals surface area contributed by atoms with Gasteiger partial charge in [0.1, 0.15) is 11.8 Å². The van der Waals surface area contributed by atoms with Crippen molar-refractivity contribution in [2.45, 2.75) is 19.6 Å². The van der Waals surface area contributed by atoms with Gasteiger partial charge < -0.3 is 9.84 Å². The van der Waals surface area contributed by atoms with Gasteiger partial charge >= 0.3 is 0 Å². The Morgan fingerprint density at radius 2 is 2.41 bits per heavy atom. The van der Waals surface area contributed by atoms with Crippen LogP contribution in [0.25, 0.3) is 0 Å². The first-order valence-electron chi connectivity index (χ1n) is 5.19. The minimum atomic E-state index is -0.713. The number of methoxy groups -OCH3 is 1. The van der Waals surface area contributed by atoms with Crippen molar-refractivity contribution in [3.05, 3.63) is 32.7 Å². The van der Waals surface area contributed by atoms with E-state index in [1.54, 1.807) is 29.3 Å². The van der Waals surface area contributed by atoms with Gasteiger partial charge in [-0.15, -0.1) is 11.3 Å². The van der Waals surface area contributed by atoms with E-state index in [2.05, 4.69) is 21.0 Å². The summed E-state index contributed by atoms with van der Waals surface area (Å²) < 4.78 is 7.96. The van der Waals surface area contributed by atoms with Gasteiger partial charge in [-0.05, 0) is 39.9 Å². The Morgan fingerprint density at radius 3 is 2.94 bits per heavy atom. The molecule has 1 N–H and O–H groups in total. The highest BCUT2D eigenvalue weighted by Gasteiger charge is 2.21. The molecule has 2 aromatic rings. The largest absolute Gasteiger partial charge is 0.493 e. The van der Waals surface area contributed by atoms with Crippen LogP contribution in [0.4, 0.5) is 0 Å². The van der Waals surface area contributed by atoms with Crippen molar-refractivity contribution < 1.29 is 9.84 Å². The van der Waals surface area contributed by atoms with Crippen molar-refractivity contribution in [3.63, 3.8) is 0 Å². The molecule has 0 bridgehead atoms. The van der Waals surface area contributed by atoms with Crippen LogP contribution in [0.3, 0.4) is 0 Å². The van der Waals surface area contributed by atoms with Crippen molar-refractivity contribution >= 4 is 27.3 Å². The molecule has 17 heavy (non-hydrogen) atoms. The molecule has 2 aromatic heterocycles. The summed E-state index contributed by atoms with van der Waals surface area (Å²) in [7, 11) is 1.58. The third-order valence-corrected chi connectivity index (χ3v) is 4.05. The van der Waals surface area contributed by atoms with E-state index in [4.69, 9.17) is 4.74 Å². The standard InChI is InChI=1S/C11H13BrN2O2S/c1-3-14-10(8(16-2)5-13-14)11(15)7-4-9(12)17-6-7/h4-6,11,15H,3H2,1-2H3. The monoisotopic (exact) mass is 316 g/mol. The Balaban J connectivity index is 2.41. The van der Waals surface area contributed by atoms with E-state index >= 15 is 0 Å². The molecule has 2 heterocycles. The van der Waals surface area contributed by atoms with Gasteiger partial charge in [0, 0.05) is 6.54 Å². The maximum atomic E-state index is 10.4. The summed E-state index contributed by atoms with van der Waals surface area (Å²) in [5.41, 5.74) is 1.54. The molecule has 0 aliphatic rings. The van der Waals surface area contributed by atoms with Crippen molar-refractivity contribution in [2.24, 2.45) is 0 Å². The fourth-order valence-electron chi connectivity index (χ4n) is 1.69. The molecule has 0 saturated heterocycles. The molecule has 0 spiro atoms. The zero-order chi connectivity index (χ0) is 12.4. The molecule has 0 aromatic carbocycles. The lowest BCUT2D eigenvalue weighted by atomic mass is 10.1. The third-order valence-electron chi connectivity index (χ3n) is 2.53.